The molecule has 0 N–H and O–H groups in total. The second-order valence-corrected chi connectivity index (χ2v) is 8.75. The molecule has 7 heteroatoms. The summed E-state index contributed by atoms with van der Waals surface area (Å²) in [4.78, 5) is 0. The standard InChI is InChI=1S/C6H10Cl4O2S/c1-3-5(7,8)13(11,12)6(9,10)4-2/h3-4H2,1-2H3. The topological polar surface area (TPSA) is 34.1 Å². The quantitative estimate of drug-likeness (QED) is 0.742. The van der Waals surface area contributed by atoms with Crippen molar-refractivity contribution < 1.29 is 8.42 Å². The maximum Gasteiger partial charge on any atom is 0.220 e. The molecular formula is C6H10Cl4O2S. The summed E-state index contributed by atoms with van der Waals surface area (Å²) < 4.78 is 19.4. The minimum absolute atomic E-state index is 0.0274. The fraction of sp³-hybridized carbons (Fsp3) is 1.00. The van der Waals surface area contributed by atoms with Gasteiger partial charge in [-0.15, -0.1) is 0 Å². The highest BCUT2D eigenvalue weighted by atomic mass is 35.5. The van der Waals surface area contributed by atoms with Crippen molar-refractivity contribution in [3.63, 3.8) is 0 Å². The van der Waals surface area contributed by atoms with Gasteiger partial charge in [-0.3, -0.25) is 0 Å². The van der Waals surface area contributed by atoms with Crippen LogP contribution in [0.4, 0.5) is 0 Å². The zero-order valence-corrected chi connectivity index (χ0v) is 11.0. The van der Waals surface area contributed by atoms with E-state index in [0.29, 0.717) is 0 Å². The molecule has 0 aromatic heterocycles. The van der Waals surface area contributed by atoms with E-state index in [1.165, 1.54) is 13.8 Å². The van der Waals surface area contributed by atoms with Crippen LogP contribution in [0.5, 0.6) is 0 Å². The van der Waals surface area contributed by atoms with Crippen molar-refractivity contribution in [2.24, 2.45) is 0 Å². The van der Waals surface area contributed by atoms with Gasteiger partial charge < -0.3 is 0 Å². The third-order valence-electron chi connectivity index (χ3n) is 1.61. The third-order valence-corrected chi connectivity index (χ3v) is 7.27. The molecule has 0 heterocycles. The van der Waals surface area contributed by atoms with Gasteiger partial charge in [-0.05, 0) is 12.8 Å². The first-order chi connectivity index (χ1) is 5.62. The lowest BCUT2D eigenvalue weighted by Gasteiger charge is -2.26. The van der Waals surface area contributed by atoms with E-state index in [1.54, 1.807) is 0 Å². The van der Waals surface area contributed by atoms with Gasteiger partial charge in [-0.2, -0.15) is 0 Å². The van der Waals surface area contributed by atoms with E-state index < -0.39 is 17.2 Å². The molecule has 2 nitrogen and oxygen atoms in total. The third kappa shape index (κ3) is 2.57. The van der Waals surface area contributed by atoms with Crippen LogP contribution in [0.15, 0.2) is 0 Å². The van der Waals surface area contributed by atoms with E-state index in [1.807, 2.05) is 0 Å². The van der Waals surface area contributed by atoms with Gasteiger partial charge in [0, 0.05) is 0 Å². The number of rotatable bonds is 4. The summed E-state index contributed by atoms with van der Waals surface area (Å²) >= 11 is 22.3. The Morgan fingerprint density at radius 2 is 1.15 bits per heavy atom. The van der Waals surface area contributed by atoms with Gasteiger partial charge in [0.15, 0.2) is 0 Å². The monoisotopic (exact) mass is 286 g/mol. The zero-order valence-electron chi connectivity index (χ0n) is 7.15. The summed E-state index contributed by atoms with van der Waals surface area (Å²) in [6.45, 7) is 3.08. The van der Waals surface area contributed by atoms with Crippen LogP contribution in [0, 0.1) is 0 Å². The molecule has 80 valence electrons. The van der Waals surface area contributed by atoms with E-state index in [0.717, 1.165) is 0 Å². The molecule has 0 aromatic carbocycles. The number of sulfone groups is 1. The Morgan fingerprint density at radius 1 is 0.923 bits per heavy atom. The van der Waals surface area contributed by atoms with Gasteiger partial charge in [0.25, 0.3) is 0 Å². The molecule has 0 saturated heterocycles. The predicted octanol–water partition coefficient (Wildman–Crippen LogP) is 3.48. The molecule has 0 amide bonds. The molecule has 0 fully saturated rings. The lowest BCUT2D eigenvalue weighted by molar-refractivity contribution is 0.575. The van der Waals surface area contributed by atoms with E-state index in [4.69, 9.17) is 46.4 Å². The fourth-order valence-corrected chi connectivity index (χ4v) is 3.85. The van der Waals surface area contributed by atoms with Gasteiger partial charge in [-0.25, -0.2) is 8.42 Å². The fourth-order valence-electron chi connectivity index (χ4n) is 0.599. The van der Waals surface area contributed by atoms with Crippen molar-refractivity contribution in [1.29, 1.82) is 0 Å². The smallest absolute Gasteiger partial charge is 0.220 e. The average molecular weight is 288 g/mol. The maximum atomic E-state index is 11.6. The van der Waals surface area contributed by atoms with Crippen LogP contribution in [0.2, 0.25) is 0 Å². The zero-order chi connectivity index (χ0) is 10.9. The second-order valence-electron chi connectivity index (χ2n) is 2.49. The minimum Gasteiger partial charge on any atom is -0.223 e. The van der Waals surface area contributed by atoms with Gasteiger partial charge in [0.1, 0.15) is 0 Å². The summed E-state index contributed by atoms with van der Waals surface area (Å²) in [5, 5.41) is 0. The van der Waals surface area contributed by atoms with Crippen molar-refractivity contribution >= 4 is 56.2 Å². The van der Waals surface area contributed by atoms with Crippen LogP contribution in [0.1, 0.15) is 26.7 Å². The van der Waals surface area contributed by atoms with Crippen LogP contribution in [-0.2, 0) is 9.84 Å². The van der Waals surface area contributed by atoms with Crippen LogP contribution in [0.3, 0.4) is 0 Å². The molecule has 0 aromatic rings. The molecular weight excluding hydrogens is 278 g/mol. The largest absolute Gasteiger partial charge is 0.223 e. The van der Waals surface area contributed by atoms with Crippen molar-refractivity contribution in [3.05, 3.63) is 0 Å². The molecule has 0 radical (unpaired) electrons. The van der Waals surface area contributed by atoms with Gasteiger partial charge in [0.05, 0.1) is 0 Å². The molecule has 13 heavy (non-hydrogen) atoms. The first kappa shape index (κ1) is 14.1. The summed E-state index contributed by atoms with van der Waals surface area (Å²) in [5.41, 5.74) is 0. The average Bonchev–Trinajstić information content (AvgIpc) is 2.03. The Hall–Kier alpha value is 1.11. The van der Waals surface area contributed by atoms with Gasteiger partial charge in [0.2, 0.25) is 17.2 Å². The number of hydrogen-bond donors (Lipinski definition) is 0. The predicted molar refractivity (Wildman–Crippen MR) is 58.4 cm³/mol. The van der Waals surface area contributed by atoms with Crippen molar-refractivity contribution in [2.75, 3.05) is 0 Å². The Kier molecular flexibility index (Phi) is 4.68. The van der Waals surface area contributed by atoms with Crippen LogP contribution in [-0.4, -0.2) is 15.7 Å². The highest BCUT2D eigenvalue weighted by Crippen LogP contribution is 2.45. The normalized spacial score (nSPS) is 14.6. The molecule has 0 bridgehead atoms. The molecule has 0 aliphatic carbocycles. The molecule has 0 aliphatic heterocycles. The first-order valence-corrected chi connectivity index (χ1v) is 6.61. The summed E-state index contributed by atoms with van der Waals surface area (Å²) in [6.07, 6.45) is 0.0548. The van der Waals surface area contributed by atoms with Crippen LogP contribution >= 0.6 is 46.4 Å². The number of halogens is 4. The van der Waals surface area contributed by atoms with Crippen LogP contribution < -0.4 is 0 Å². The Balaban J connectivity index is 5.23. The number of alkyl halides is 4. The van der Waals surface area contributed by atoms with E-state index in [2.05, 4.69) is 0 Å². The number of hydrogen-bond acceptors (Lipinski definition) is 2. The van der Waals surface area contributed by atoms with Crippen molar-refractivity contribution in [2.45, 2.75) is 34.0 Å². The van der Waals surface area contributed by atoms with E-state index in [-0.39, 0.29) is 12.8 Å². The summed E-state index contributed by atoms with van der Waals surface area (Å²) in [7, 11) is -3.98. The van der Waals surface area contributed by atoms with E-state index >= 15 is 0 Å². The minimum atomic E-state index is -3.98. The molecule has 0 spiro atoms. The van der Waals surface area contributed by atoms with Crippen molar-refractivity contribution in [1.82, 2.24) is 0 Å². The highest BCUT2D eigenvalue weighted by Gasteiger charge is 2.51. The second kappa shape index (κ2) is 4.31. The Morgan fingerprint density at radius 3 is 1.31 bits per heavy atom. The summed E-state index contributed by atoms with van der Waals surface area (Å²) in [6, 6.07) is 0. The lowest BCUT2D eigenvalue weighted by atomic mass is 10.6. The molecule has 0 rings (SSSR count). The molecule has 0 saturated carbocycles. The lowest BCUT2D eigenvalue weighted by Crippen LogP contribution is -2.38. The SMILES string of the molecule is CCC(Cl)(Cl)S(=O)(=O)C(Cl)(Cl)CC. The molecule has 0 aliphatic rings. The molecule has 0 unspecified atom stereocenters. The van der Waals surface area contributed by atoms with Crippen molar-refractivity contribution in [3.8, 4) is 0 Å². The summed E-state index contributed by atoms with van der Waals surface area (Å²) in [5.74, 6) is 0. The van der Waals surface area contributed by atoms with E-state index in [9.17, 15) is 8.42 Å². The molecule has 0 atom stereocenters. The maximum absolute atomic E-state index is 11.6. The highest BCUT2D eigenvalue weighted by molar-refractivity contribution is 7.99. The van der Waals surface area contributed by atoms with Crippen LogP contribution in [0.25, 0.3) is 0 Å². The Bertz CT molecular complexity index is 248. The van der Waals surface area contributed by atoms with Gasteiger partial charge >= 0.3 is 0 Å². The Labute approximate surface area is 98.4 Å². The first-order valence-electron chi connectivity index (χ1n) is 3.62. The van der Waals surface area contributed by atoms with Gasteiger partial charge in [-0.1, -0.05) is 60.3 Å².